The van der Waals surface area contributed by atoms with Crippen LogP contribution >= 0.6 is 0 Å². The Morgan fingerprint density at radius 3 is 2.50 bits per heavy atom. The van der Waals surface area contributed by atoms with Crippen LogP contribution in [0, 0.1) is 0 Å². The Morgan fingerprint density at radius 1 is 1.03 bits per heavy atom. The summed E-state index contributed by atoms with van der Waals surface area (Å²) in [6.45, 7) is 0.415. The molecule has 0 fully saturated rings. The first-order valence-corrected chi connectivity index (χ1v) is 8.98. The van der Waals surface area contributed by atoms with Gasteiger partial charge in [0, 0.05) is 6.07 Å². The fourth-order valence-electron chi connectivity index (χ4n) is 2.71. The normalized spacial score (nSPS) is 10.6. The van der Waals surface area contributed by atoms with Crippen molar-refractivity contribution in [2.45, 2.75) is 6.61 Å². The third kappa shape index (κ3) is 4.09. The Bertz CT molecular complexity index is 1140. The second kappa shape index (κ2) is 8.39. The van der Waals surface area contributed by atoms with E-state index in [2.05, 4.69) is 20.1 Å². The highest BCUT2D eigenvalue weighted by molar-refractivity contribution is 5.83. The van der Waals surface area contributed by atoms with E-state index >= 15 is 0 Å². The van der Waals surface area contributed by atoms with Crippen molar-refractivity contribution in [3.05, 3.63) is 78.4 Å². The van der Waals surface area contributed by atoms with E-state index in [0.717, 1.165) is 5.56 Å². The number of ether oxygens (including phenoxy) is 2. The summed E-state index contributed by atoms with van der Waals surface area (Å²) in [6, 6.07) is 16.6. The zero-order valence-electron chi connectivity index (χ0n) is 16.0. The maximum atomic E-state index is 11.4. The van der Waals surface area contributed by atoms with E-state index in [4.69, 9.17) is 9.47 Å². The SMILES string of the molecule is COc1ccc(-n2nc(C(=O)O)nc2-c2ccc(OCc3ccccc3)cn2)cn1. The Balaban J connectivity index is 1.61. The van der Waals surface area contributed by atoms with Crippen LogP contribution < -0.4 is 9.47 Å². The monoisotopic (exact) mass is 403 g/mol. The number of methoxy groups -OCH3 is 1. The lowest BCUT2D eigenvalue weighted by Crippen LogP contribution is -2.03. The summed E-state index contributed by atoms with van der Waals surface area (Å²) in [5.74, 6) is -0.296. The number of hydrogen-bond acceptors (Lipinski definition) is 7. The van der Waals surface area contributed by atoms with Crippen LogP contribution in [-0.2, 0) is 6.61 Å². The number of carboxylic acid groups (broad SMARTS) is 1. The van der Waals surface area contributed by atoms with Crippen LogP contribution in [0.5, 0.6) is 11.6 Å². The van der Waals surface area contributed by atoms with Crippen LogP contribution in [-0.4, -0.2) is 42.9 Å². The molecule has 3 aromatic heterocycles. The van der Waals surface area contributed by atoms with Crippen molar-refractivity contribution in [2.24, 2.45) is 0 Å². The summed E-state index contributed by atoms with van der Waals surface area (Å²) >= 11 is 0. The highest BCUT2D eigenvalue weighted by Crippen LogP contribution is 2.22. The van der Waals surface area contributed by atoms with Gasteiger partial charge in [-0.1, -0.05) is 30.3 Å². The number of hydrogen-bond donors (Lipinski definition) is 1. The van der Waals surface area contributed by atoms with Gasteiger partial charge in [0.15, 0.2) is 5.82 Å². The molecule has 150 valence electrons. The summed E-state index contributed by atoms with van der Waals surface area (Å²) < 4.78 is 12.2. The molecule has 3 heterocycles. The number of aromatic nitrogens is 5. The van der Waals surface area contributed by atoms with Crippen molar-refractivity contribution in [2.75, 3.05) is 7.11 Å². The highest BCUT2D eigenvalue weighted by atomic mass is 16.5. The molecule has 0 saturated carbocycles. The van der Waals surface area contributed by atoms with E-state index in [0.29, 0.717) is 29.6 Å². The van der Waals surface area contributed by atoms with E-state index in [1.165, 1.54) is 18.0 Å². The van der Waals surface area contributed by atoms with E-state index in [9.17, 15) is 9.90 Å². The molecule has 0 aliphatic rings. The number of pyridine rings is 2. The minimum absolute atomic E-state index is 0.272. The number of aromatic carboxylic acids is 1. The first kappa shape index (κ1) is 19.1. The number of benzene rings is 1. The molecule has 0 bridgehead atoms. The van der Waals surface area contributed by atoms with Gasteiger partial charge in [0.05, 0.1) is 25.2 Å². The van der Waals surface area contributed by atoms with Gasteiger partial charge in [-0.25, -0.2) is 19.4 Å². The fraction of sp³-hybridized carbons (Fsp3) is 0.0952. The second-order valence-corrected chi connectivity index (χ2v) is 6.19. The quantitative estimate of drug-likeness (QED) is 0.501. The molecular weight excluding hydrogens is 386 g/mol. The molecule has 4 aromatic rings. The maximum Gasteiger partial charge on any atom is 0.375 e. The first-order chi connectivity index (χ1) is 14.6. The molecule has 1 aromatic carbocycles. The van der Waals surface area contributed by atoms with Crippen molar-refractivity contribution >= 4 is 5.97 Å². The lowest BCUT2D eigenvalue weighted by atomic mass is 10.2. The average Bonchev–Trinajstić information content (AvgIpc) is 3.25. The molecule has 0 radical (unpaired) electrons. The standard InChI is InChI=1S/C21H17N5O4/c1-29-18-10-7-15(11-23-18)26-20(24-19(25-26)21(27)28)17-9-8-16(12-22-17)30-13-14-5-3-2-4-6-14/h2-12H,13H2,1H3,(H,27,28). The van der Waals surface area contributed by atoms with E-state index in [-0.39, 0.29) is 11.6 Å². The molecule has 0 atom stereocenters. The van der Waals surface area contributed by atoms with E-state index in [1.54, 1.807) is 30.5 Å². The van der Waals surface area contributed by atoms with Crippen LogP contribution in [0.25, 0.3) is 17.2 Å². The van der Waals surface area contributed by atoms with Gasteiger partial charge >= 0.3 is 5.97 Å². The van der Waals surface area contributed by atoms with Gasteiger partial charge in [-0.15, -0.1) is 5.10 Å². The van der Waals surface area contributed by atoms with Gasteiger partial charge in [0.1, 0.15) is 18.1 Å². The molecular formula is C21H17N5O4. The zero-order valence-corrected chi connectivity index (χ0v) is 16.0. The minimum Gasteiger partial charge on any atom is -0.487 e. The number of carbonyl (C=O) groups is 1. The predicted octanol–water partition coefficient (Wildman–Crippen LogP) is 3.01. The van der Waals surface area contributed by atoms with Crippen LogP contribution in [0.1, 0.15) is 16.2 Å². The molecule has 0 amide bonds. The Kier molecular flexibility index (Phi) is 5.33. The van der Waals surface area contributed by atoms with Crippen molar-refractivity contribution in [1.29, 1.82) is 0 Å². The molecule has 0 aliphatic heterocycles. The Morgan fingerprint density at radius 2 is 1.87 bits per heavy atom. The number of nitrogens with zero attached hydrogens (tertiary/aromatic N) is 5. The summed E-state index contributed by atoms with van der Waals surface area (Å²) in [7, 11) is 1.51. The third-order valence-corrected chi connectivity index (χ3v) is 4.19. The van der Waals surface area contributed by atoms with E-state index < -0.39 is 5.97 Å². The first-order valence-electron chi connectivity index (χ1n) is 8.98. The summed E-state index contributed by atoms with van der Waals surface area (Å²) in [6.07, 6.45) is 3.07. The molecule has 0 unspecified atom stereocenters. The van der Waals surface area contributed by atoms with Gasteiger partial charge in [-0.3, -0.25) is 0 Å². The topological polar surface area (TPSA) is 112 Å². The highest BCUT2D eigenvalue weighted by Gasteiger charge is 2.19. The van der Waals surface area contributed by atoms with Crippen LogP contribution in [0.15, 0.2) is 67.0 Å². The van der Waals surface area contributed by atoms with Gasteiger partial charge in [-0.2, -0.15) is 4.98 Å². The lowest BCUT2D eigenvalue weighted by molar-refractivity contribution is 0.0683. The Labute approximate surface area is 171 Å². The molecule has 0 aliphatic carbocycles. The van der Waals surface area contributed by atoms with Crippen LogP contribution in [0.4, 0.5) is 0 Å². The molecule has 0 spiro atoms. The molecule has 30 heavy (non-hydrogen) atoms. The van der Waals surface area contributed by atoms with Crippen LogP contribution in [0.3, 0.4) is 0 Å². The average molecular weight is 403 g/mol. The van der Waals surface area contributed by atoms with E-state index in [1.807, 2.05) is 30.3 Å². The largest absolute Gasteiger partial charge is 0.487 e. The van der Waals surface area contributed by atoms with Crippen molar-refractivity contribution < 1.29 is 19.4 Å². The summed E-state index contributed by atoms with van der Waals surface area (Å²) in [5, 5.41) is 13.4. The predicted molar refractivity (Wildman–Crippen MR) is 107 cm³/mol. The molecule has 4 rings (SSSR count). The molecule has 9 heteroatoms. The van der Waals surface area contributed by atoms with Gasteiger partial charge < -0.3 is 14.6 Å². The van der Waals surface area contributed by atoms with Crippen molar-refractivity contribution in [1.82, 2.24) is 24.7 Å². The maximum absolute atomic E-state index is 11.4. The molecule has 0 saturated heterocycles. The summed E-state index contributed by atoms with van der Waals surface area (Å²) in [4.78, 5) is 24.0. The van der Waals surface area contributed by atoms with Gasteiger partial charge in [0.25, 0.3) is 5.82 Å². The smallest absolute Gasteiger partial charge is 0.375 e. The minimum atomic E-state index is -1.24. The zero-order chi connectivity index (χ0) is 20.9. The van der Waals surface area contributed by atoms with Crippen molar-refractivity contribution in [3.8, 4) is 28.8 Å². The fourth-order valence-corrected chi connectivity index (χ4v) is 2.71. The third-order valence-electron chi connectivity index (χ3n) is 4.19. The molecule has 1 N–H and O–H groups in total. The van der Waals surface area contributed by atoms with Crippen molar-refractivity contribution in [3.63, 3.8) is 0 Å². The summed E-state index contributed by atoms with van der Waals surface area (Å²) in [5.41, 5.74) is 2.01. The molecule has 9 nitrogen and oxygen atoms in total. The lowest BCUT2D eigenvalue weighted by Gasteiger charge is -2.08. The second-order valence-electron chi connectivity index (χ2n) is 6.19. The van der Waals surface area contributed by atoms with Gasteiger partial charge in [-0.05, 0) is 23.8 Å². The number of rotatable bonds is 7. The van der Waals surface area contributed by atoms with Crippen LogP contribution in [0.2, 0.25) is 0 Å². The number of carboxylic acids is 1. The van der Waals surface area contributed by atoms with Gasteiger partial charge in [0.2, 0.25) is 5.88 Å². The Hall–Kier alpha value is -4.27.